The molecule has 3 nitrogen and oxygen atoms in total. The molecular weight excluding hydrogens is 246 g/mol. The predicted octanol–water partition coefficient (Wildman–Crippen LogP) is 3.36. The predicted molar refractivity (Wildman–Crippen MR) is 84.0 cm³/mol. The first-order valence-electron chi connectivity index (χ1n) is 7.39. The summed E-state index contributed by atoms with van der Waals surface area (Å²) in [6, 6.07) is 6.74. The summed E-state index contributed by atoms with van der Waals surface area (Å²) in [4.78, 5) is 4.46. The van der Waals surface area contributed by atoms with Crippen molar-refractivity contribution < 1.29 is 0 Å². The van der Waals surface area contributed by atoms with E-state index in [1.807, 2.05) is 6.20 Å². The van der Waals surface area contributed by atoms with Gasteiger partial charge in [-0.25, -0.2) is 4.98 Å². The molecule has 0 amide bonds. The fourth-order valence-corrected chi connectivity index (χ4v) is 2.61. The largest absolute Gasteiger partial charge is 0.327 e. The molecule has 0 atom stereocenters. The Morgan fingerprint density at radius 1 is 1.10 bits per heavy atom. The topological polar surface area (TPSA) is 29.9 Å². The quantitative estimate of drug-likeness (QED) is 0.817. The summed E-state index contributed by atoms with van der Waals surface area (Å²) in [5.74, 6) is 1.08. The van der Waals surface area contributed by atoms with E-state index in [9.17, 15) is 0 Å². The maximum Gasteiger partial charge on any atom is 0.106 e. The Kier molecular flexibility index (Phi) is 4.96. The average Bonchev–Trinajstić information content (AvgIpc) is 2.71. The van der Waals surface area contributed by atoms with Gasteiger partial charge in [0, 0.05) is 19.3 Å². The summed E-state index contributed by atoms with van der Waals surface area (Å²) in [5.41, 5.74) is 5.25. The lowest BCUT2D eigenvalue weighted by Crippen LogP contribution is -2.17. The Bertz CT molecular complexity index is 549. The van der Waals surface area contributed by atoms with Gasteiger partial charge < -0.3 is 9.88 Å². The summed E-state index contributed by atoms with van der Waals surface area (Å²) in [6.07, 6.45) is 3.14. The van der Waals surface area contributed by atoms with Crippen molar-refractivity contribution in [3.63, 3.8) is 0 Å². The highest BCUT2D eigenvalue weighted by Gasteiger charge is 2.07. The van der Waals surface area contributed by atoms with Crippen LogP contribution in [-0.2, 0) is 13.1 Å². The van der Waals surface area contributed by atoms with Crippen LogP contribution in [0.4, 0.5) is 0 Å². The fourth-order valence-electron chi connectivity index (χ4n) is 2.61. The van der Waals surface area contributed by atoms with Gasteiger partial charge in [0.05, 0.1) is 5.69 Å². The lowest BCUT2D eigenvalue weighted by molar-refractivity contribution is 0.623. The molecule has 108 valence electrons. The molecule has 0 saturated heterocycles. The van der Waals surface area contributed by atoms with Gasteiger partial charge in [0.25, 0.3) is 0 Å². The number of hydrogen-bond acceptors (Lipinski definition) is 2. The van der Waals surface area contributed by atoms with E-state index in [2.05, 4.69) is 60.8 Å². The standard InChI is InChI=1S/C17H25N3/c1-5-6-18-10-17-11-19-15(4)20(17)12-16-8-13(2)7-14(3)9-16/h7-9,11,18H,5-6,10,12H2,1-4H3. The molecule has 2 rings (SSSR count). The van der Waals surface area contributed by atoms with Crippen LogP contribution in [0.3, 0.4) is 0 Å². The Hall–Kier alpha value is -1.61. The van der Waals surface area contributed by atoms with Crippen LogP contribution in [0.5, 0.6) is 0 Å². The smallest absolute Gasteiger partial charge is 0.106 e. The van der Waals surface area contributed by atoms with Crippen LogP contribution in [0.1, 0.15) is 41.6 Å². The number of rotatable bonds is 6. The zero-order valence-corrected chi connectivity index (χ0v) is 13.0. The van der Waals surface area contributed by atoms with Crippen LogP contribution in [0.2, 0.25) is 0 Å². The highest BCUT2D eigenvalue weighted by Crippen LogP contribution is 2.13. The summed E-state index contributed by atoms with van der Waals surface area (Å²) >= 11 is 0. The maximum atomic E-state index is 4.46. The van der Waals surface area contributed by atoms with E-state index in [4.69, 9.17) is 0 Å². The van der Waals surface area contributed by atoms with Gasteiger partial charge in [-0.1, -0.05) is 36.2 Å². The summed E-state index contributed by atoms with van der Waals surface area (Å²) < 4.78 is 2.30. The SMILES string of the molecule is CCCNCc1cnc(C)n1Cc1cc(C)cc(C)c1. The van der Waals surface area contributed by atoms with Gasteiger partial charge in [-0.05, 0) is 39.3 Å². The lowest BCUT2D eigenvalue weighted by atomic mass is 10.1. The Morgan fingerprint density at radius 2 is 1.80 bits per heavy atom. The van der Waals surface area contributed by atoms with Crippen molar-refractivity contribution >= 4 is 0 Å². The lowest BCUT2D eigenvalue weighted by Gasteiger charge is -2.12. The van der Waals surface area contributed by atoms with Crippen molar-refractivity contribution in [2.75, 3.05) is 6.54 Å². The van der Waals surface area contributed by atoms with Gasteiger partial charge >= 0.3 is 0 Å². The molecule has 1 N–H and O–H groups in total. The minimum absolute atomic E-state index is 0.888. The van der Waals surface area contributed by atoms with E-state index in [1.165, 1.54) is 22.4 Å². The first-order chi connectivity index (χ1) is 9.60. The Labute approximate surface area is 122 Å². The van der Waals surface area contributed by atoms with Crippen molar-refractivity contribution in [3.8, 4) is 0 Å². The number of aryl methyl sites for hydroxylation is 3. The van der Waals surface area contributed by atoms with E-state index in [0.717, 1.165) is 31.9 Å². The minimum atomic E-state index is 0.888. The zero-order valence-electron chi connectivity index (χ0n) is 13.0. The number of aromatic nitrogens is 2. The maximum absolute atomic E-state index is 4.46. The molecule has 0 fully saturated rings. The van der Waals surface area contributed by atoms with Crippen LogP contribution < -0.4 is 5.32 Å². The van der Waals surface area contributed by atoms with E-state index in [-0.39, 0.29) is 0 Å². The molecule has 0 bridgehead atoms. The molecule has 0 aliphatic heterocycles. The number of nitrogens with one attached hydrogen (secondary N) is 1. The van der Waals surface area contributed by atoms with Crippen molar-refractivity contribution in [2.45, 2.75) is 47.2 Å². The van der Waals surface area contributed by atoms with Gasteiger partial charge in [0.15, 0.2) is 0 Å². The van der Waals surface area contributed by atoms with E-state index >= 15 is 0 Å². The third-order valence-electron chi connectivity index (χ3n) is 3.49. The monoisotopic (exact) mass is 271 g/mol. The van der Waals surface area contributed by atoms with Crippen LogP contribution in [0.15, 0.2) is 24.4 Å². The van der Waals surface area contributed by atoms with E-state index in [1.54, 1.807) is 0 Å². The summed E-state index contributed by atoms with van der Waals surface area (Å²) in [5, 5.41) is 3.45. The van der Waals surface area contributed by atoms with Crippen LogP contribution in [0, 0.1) is 20.8 Å². The van der Waals surface area contributed by atoms with Gasteiger partial charge in [-0.3, -0.25) is 0 Å². The molecule has 1 heterocycles. The molecule has 0 unspecified atom stereocenters. The van der Waals surface area contributed by atoms with E-state index < -0.39 is 0 Å². The fraction of sp³-hybridized carbons (Fsp3) is 0.471. The number of hydrogen-bond donors (Lipinski definition) is 1. The van der Waals surface area contributed by atoms with Gasteiger partial charge in [0.1, 0.15) is 5.82 Å². The average molecular weight is 271 g/mol. The number of nitrogens with zero attached hydrogens (tertiary/aromatic N) is 2. The molecule has 0 saturated carbocycles. The molecular formula is C17H25N3. The first kappa shape index (κ1) is 14.8. The van der Waals surface area contributed by atoms with E-state index in [0.29, 0.717) is 0 Å². The first-order valence-corrected chi connectivity index (χ1v) is 7.39. The van der Waals surface area contributed by atoms with Gasteiger partial charge in [-0.15, -0.1) is 0 Å². The third kappa shape index (κ3) is 3.70. The summed E-state index contributed by atoms with van der Waals surface area (Å²) in [6.45, 7) is 11.4. The molecule has 20 heavy (non-hydrogen) atoms. The molecule has 0 spiro atoms. The van der Waals surface area contributed by atoms with Crippen molar-refractivity contribution in [1.29, 1.82) is 0 Å². The second kappa shape index (κ2) is 6.71. The molecule has 0 aliphatic carbocycles. The van der Waals surface area contributed by atoms with Gasteiger partial charge in [0.2, 0.25) is 0 Å². The molecule has 3 heteroatoms. The Morgan fingerprint density at radius 3 is 2.45 bits per heavy atom. The molecule has 0 radical (unpaired) electrons. The molecule has 2 aromatic rings. The van der Waals surface area contributed by atoms with Gasteiger partial charge in [-0.2, -0.15) is 0 Å². The zero-order chi connectivity index (χ0) is 14.5. The second-order valence-electron chi connectivity index (χ2n) is 5.56. The van der Waals surface area contributed by atoms with Crippen molar-refractivity contribution in [1.82, 2.24) is 14.9 Å². The van der Waals surface area contributed by atoms with Crippen LogP contribution in [-0.4, -0.2) is 16.1 Å². The molecule has 1 aromatic heterocycles. The highest BCUT2D eigenvalue weighted by atomic mass is 15.1. The third-order valence-corrected chi connectivity index (χ3v) is 3.49. The number of benzene rings is 1. The molecule has 1 aromatic carbocycles. The molecule has 0 aliphatic rings. The van der Waals surface area contributed by atoms with Crippen molar-refractivity contribution in [2.24, 2.45) is 0 Å². The minimum Gasteiger partial charge on any atom is -0.327 e. The highest BCUT2D eigenvalue weighted by molar-refractivity contribution is 5.29. The Balaban J connectivity index is 2.17. The second-order valence-corrected chi connectivity index (χ2v) is 5.56. The summed E-state index contributed by atoms with van der Waals surface area (Å²) in [7, 11) is 0. The normalized spacial score (nSPS) is 11.0. The van der Waals surface area contributed by atoms with Crippen LogP contribution in [0.25, 0.3) is 0 Å². The number of imidazole rings is 1. The van der Waals surface area contributed by atoms with Crippen molar-refractivity contribution in [3.05, 3.63) is 52.6 Å². The van der Waals surface area contributed by atoms with Crippen LogP contribution >= 0.6 is 0 Å².